The van der Waals surface area contributed by atoms with Gasteiger partial charge in [0.15, 0.2) is 5.65 Å². The molecule has 1 fully saturated rings. The van der Waals surface area contributed by atoms with Crippen LogP contribution in [0.15, 0.2) is 41.3 Å². The number of ether oxygens (including phenoxy) is 1. The third-order valence-corrected chi connectivity index (χ3v) is 5.67. The highest BCUT2D eigenvalue weighted by atomic mass is 19.1. The van der Waals surface area contributed by atoms with Crippen LogP contribution in [0, 0.1) is 11.6 Å². The molecule has 4 rings (SSSR count). The Morgan fingerprint density at radius 1 is 1.29 bits per heavy atom. The van der Waals surface area contributed by atoms with Gasteiger partial charge in [0.1, 0.15) is 23.2 Å². The molecule has 0 unspecified atom stereocenters. The standard InChI is InChI=1S/C23H22F2N4O5/c1-2-34-23(32)17-6-4-10-28(17)19-15-5-3-9-26-20(15)29(33)22(31)18(19)21(30)27-12-13-7-8-14(24)11-16(13)25/h3,5,7-9,11,17,33H,2,4,6,10,12H2,1H3,(H,27,30)/t17-/m0/s1. The molecule has 0 saturated carbocycles. The molecule has 178 valence electrons. The maximum atomic E-state index is 14.0. The van der Waals surface area contributed by atoms with E-state index in [1.165, 1.54) is 12.3 Å². The van der Waals surface area contributed by atoms with Gasteiger partial charge in [0, 0.05) is 36.3 Å². The molecule has 11 heteroatoms. The van der Waals surface area contributed by atoms with E-state index >= 15 is 0 Å². The first-order valence-corrected chi connectivity index (χ1v) is 10.7. The summed E-state index contributed by atoms with van der Waals surface area (Å²) in [5.74, 6) is -3.01. The van der Waals surface area contributed by atoms with E-state index in [9.17, 15) is 28.4 Å². The number of anilines is 1. The van der Waals surface area contributed by atoms with Crippen molar-refractivity contribution in [1.82, 2.24) is 15.0 Å². The van der Waals surface area contributed by atoms with Crippen molar-refractivity contribution in [2.75, 3.05) is 18.1 Å². The predicted octanol–water partition coefficient (Wildman–Crippen LogP) is 2.37. The molecule has 3 heterocycles. The Balaban J connectivity index is 1.81. The number of aromatic nitrogens is 2. The number of nitrogens with one attached hydrogen (secondary N) is 1. The van der Waals surface area contributed by atoms with Gasteiger partial charge in [-0.1, -0.05) is 6.07 Å². The molecule has 1 aliphatic heterocycles. The van der Waals surface area contributed by atoms with Crippen molar-refractivity contribution in [2.24, 2.45) is 0 Å². The Bertz CT molecular complexity index is 1330. The summed E-state index contributed by atoms with van der Waals surface area (Å²) in [6.07, 6.45) is 2.43. The number of carbonyl (C=O) groups excluding carboxylic acids is 2. The first-order chi connectivity index (χ1) is 16.3. The number of hydrogen-bond acceptors (Lipinski definition) is 7. The van der Waals surface area contributed by atoms with Crippen LogP contribution in [0.25, 0.3) is 11.0 Å². The van der Waals surface area contributed by atoms with Crippen molar-refractivity contribution >= 4 is 28.6 Å². The Morgan fingerprint density at radius 2 is 2.09 bits per heavy atom. The van der Waals surface area contributed by atoms with Gasteiger partial charge in [-0.25, -0.2) is 18.6 Å². The van der Waals surface area contributed by atoms with Crippen molar-refractivity contribution in [3.63, 3.8) is 0 Å². The van der Waals surface area contributed by atoms with Gasteiger partial charge in [-0.2, -0.15) is 0 Å². The van der Waals surface area contributed by atoms with E-state index in [0.29, 0.717) is 25.5 Å². The number of hydrogen-bond donors (Lipinski definition) is 2. The first kappa shape index (κ1) is 23.1. The molecule has 2 N–H and O–H groups in total. The molecule has 1 saturated heterocycles. The van der Waals surface area contributed by atoms with Gasteiger partial charge in [-0.15, -0.1) is 4.73 Å². The zero-order chi connectivity index (χ0) is 24.4. The number of carbonyl (C=O) groups is 2. The van der Waals surface area contributed by atoms with Gasteiger partial charge >= 0.3 is 5.97 Å². The van der Waals surface area contributed by atoms with Gasteiger partial charge in [0.2, 0.25) is 0 Å². The highest BCUT2D eigenvalue weighted by Gasteiger charge is 2.37. The molecular formula is C23H22F2N4O5. The second-order valence-electron chi connectivity index (χ2n) is 7.74. The molecule has 1 aliphatic rings. The number of amides is 1. The minimum atomic E-state index is -1.05. The normalized spacial score (nSPS) is 15.5. The van der Waals surface area contributed by atoms with Crippen molar-refractivity contribution in [3.8, 4) is 0 Å². The summed E-state index contributed by atoms with van der Waals surface area (Å²) >= 11 is 0. The number of pyridine rings is 2. The fraction of sp³-hybridized carbons (Fsp3) is 0.304. The number of benzene rings is 1. The molecule has 0 bridgehead atoms. The average molecular weight is 472 g/mol. The zero-order valence-corrected chi connectivity index (χ0v) is 18.3. The van der Waals surface area contributed by atoms with Crippen LogP contribution in [0.5, 0.6) is 0 Å². The molecule has 1 atom stereocenters. The fourth-order valence-corrected chi connectivity index (χ4v) is 4.14. The minimum Gasteiger partial charge on any atom is -0.464 e. The fourth-order valence-electron chi connectivity index (χ4n) is 4.14. The summed E-state index contributed by atoms with van der Waals surface area (Å²) < 4.78 is 32.7. The Morgan fingerprint density at radius 3 is 2.82 bits per heavy atom. The lowest BCUT2D eigenvalue weighted by Crippen LogP contribution is -2.42. The molecule has 1 aromatic carbocycles. The number of halogens is 2. The summed E-state index contributed by atoms with van der Waals surface area (Å²) in [7, 11) is 0. The van der Waals surface area contributed by atoms with Crippen LogP contribution in [-0.4, -0.2) is 46.0 Å². The van der Waals surface area contributed by atoms with Gasteiger partial charge in [-0.3, -0.25) is 9.59 Å². The second-order valence-corrected chi connectivity index (χ2v) is 7.74. The van der Waals surface area contributed by atoms with Crippen LogP contribution in [0.2, 0.25) is 0 Å². The number of rotatable bonds is 6. The highest BCUT2D eigenvalue weighted by Crippen LogP contribution is 2.34. The van der Waals surface area contributed by atoms with E-state index in [2.05, 4.69) is 10.3 Å². The number of fused-ring (bicyclic) bond motifs is 1. The largest absolute Gasteiger partial charge is 0.464 e. The quantitative estimate of drug-likeness (QED) is 0.418. The average Bonchev–Trinajstić information content (AvgIpc) is 3.30. The zero-order valence-electron chi connectivity index (χ0n) is 18.3. The van der Waals surface area contributed by atoms with E-state index in [0.717, 1.165) is 6.07 Å². The van der Waals surface area contributed by atoms with Crippen LogP contribution < -0.4 is 15.8 Å². The molecule has 0 spiro atoms. The SMILES string of the molecule is CCOC(=O)[C@@H]1CCCN1c1c(C(=O)NCc2ccc(F)cc2F)c(=O)n(O)c2ncccc12. The Kier molecular flexibility index (Phi) is 6.44. The van der Waals surface area contributed by atoms with Crippen LogP contribution >= 0.6 is 0 Å². The van der Waals surface area contributed by atoms with Crippen molar-refractivity contribution in [1.29, 1.82) is 0 Å². The van der Waals surface area contributed by atoms with E-state index in [1.54, 1.807) is 24.0 Å². The summed E-state index contributed by atoms with van der Waals surface area (Å²) in [6.45, 7) is 1.87. The van der Waals surface area contributed by atoms with Gasteiger partial charge in [0.25, 0.3) is 11.5 Å². The van der Waals surface area contributed by atoms with Gasteiger partial charge in [-0.05, 0) is 38.0 Å². The summed E-state index contributed by atoms with van der Waals surface area (Å²) in [5.41, 5.74) is -1.42. The Labute approximate surface area is 192 Å². The second kappa shape index (κ2) is 9.46. The first-order valence-electron chi connectivity index (χ1n) is 10.7. The highest BCUT2D eigenvalue weighted by molar-refractivity contribution is 6.07. The lowest BCUT2D eigenvalue weighted by molar-refractivity contribution is -0.144. The minimum absolute atomic E-state index is 0.00801. The lowest BCUT2D eigenvalue weighted by Gasteiger charge is -2.28. The van der Waals surface area contributed by atoms with Crippen molar-refractivity contribution < 1.29 is 28.3 Å². The molecule has 2 aromatic heterocycles. The van der Waals surface area contributed by atoms with Crippen LogP contribution in [0.1, 0.15) is 35.7 Å². The third-order valence-electron chi connectivity index (χ3n) is 5.67. The lowest BCUT2D eigenvalue weighted by atomic mass is 10.1. The molecule has 1 amide bonds. The molecule has 0 radical (unpaired) electrons. The van der Waals surface area contributed by atoms with Gasteiger partial charge < -0.3 is 20.2 Å². The maximum Gasteiger partial charge on any atom is 0.328 e. The number of nitrogens with zero attached hydrogens (tertiary/aromatic N) is 3. The van der Waals surface area contributed by atoms with E-state index < -0.39 is 40.7 Å². The molecular weight excluding hydrogens is 450 g/mol. The van der Waals surface area contributed by atoms with E-state index in [-0.39, 0.29) is 40.2 Å². The summed E-state index contributed by atoms with van der Waals surface area (Å²) in [4.78, 5) is 44.5. The van der Waals surface area contributed by atoms with E-state index in [1.807, 2.05) is 0 Å². The summed E-state index contributed by atoms with van der Waals surface area (Å²) in [6, 6.07) is 5.31. The predicted molar refractivity (Wildman–Crippen MR) is 118 cm³/mol. The molecule has 3 aromatic rings. The monoisotopic (exact) mass is 472 g/mol. The Hall–Kier alpha value is -4.02. The van der Waals surface area contributed by atoms with Crippen molar-refractivity contribution in [3.05, 3.63) is 69.6 Å². The smallest absolute Gasteiger partial charge is 0.328 e. The topological polar surface area (TPSA) is 114 Å². The number of esters is 1. The maximum absolute atomic E-state index is 14.0. The molecule has 34 heavy (non-hydrogen) atoms. The van der Waals surface area contributed by atoms with Crippen molar-refractivity contribution in [2.45, 2.75) is 32.4 Å². The molecule has 9 nitrogen and oxygen atoms in total. The van der Waals surface area contributed by atoms with Gasteiger partial charge in [0.05, 0.1) is 12.3 Å². The van der Waals surface area contributed by atoms with Crippen LogP contribution in [-0.2, 0) is 16.1 Å². The third kappa shape index (κ3) is 4.16. The van der Waals surface area contributed by atoms with Crippen LogP contribution in [0.4, 0.5) is 14.5 Å². The molecule has 0 aliphatic carbocycles. The summed E-state index contributed by atoms with van der Waals surface area (Å²) in [5, 5.41) is 13.2. The van der Waals surface area contributed by atoms with E-state index in [4.69, 9.17) is 4.74 Å². The van der Waals surface area contributed by atoms with Crippen LogP contribution in [0.3, 0.4) is 0 Å².